The molecule has 1 aliphatic carbocycles. The first-order chi connectivity index (χ1) is 17.3. The fraction of sp³-hybridized carbons (Fsp3) is 0.370. The third-order valence-corrected chi connectivity index (χ3v) is 7.31. The van der Waals surface area contributed by atoms with Crippen LogP contribution in [0.25, 0.3) is 21.7 Å². The maximum atomic E-state index is 13.2. The number of fused-ring (bicyclic) bond motifs is 2. The van der Waals surface area contributed by atoms with Gasteiger partial charge in [-0.2, -0.15) is 4.98 Å². The Bertz CT molecular complexity index is 1600. The van der Waals surface area contributed by atoms with Crippen LogP contribution in [0, 0.1) is 6.57 Å². The van der Waals surface area contributed by atoms with E-state index in [0.29, 0.717) is 29.3 Å². The Morgan fingerprint density at radius 1 is 1.19 bits per heavy atom. The molecule has 1 aliphatic heterocycles. The first-order valence-corrected chi connectivity index (χ1v) is 12.3. The average molecular weight is 481 g/mol. The SMILES string of the molecule is [C-]#[N+]C1(c2cccc(-n3c4nc(Nc5ccc6c(c5)CNCC6(C)C)ncc4c(=O)n3CC)n2)CC1. The molecule has 0 unspecified atom stereocenters. The highest BCUT2D eigenvalue weighted by atomic mass is 16.1. The van der Waals surface area contributed by atoms with Gasteiger partial charge in [-0.1, -0.05) is 26.0 Å². The number of hydrogen-bond acceptors (Lipinski definition) is 6. The van der Waals surface area contributed by atoms with Crippen molar-refractivity contribution in [1.82, 2.24) is 29.6 Å². The van der Waals surface area contributed by atoms with Crippen LogP contribution in [0.4, 0.5) is 11.6 Å². The van der Waals surface area contributed by atoms with E-state index in [1.165, 1.54) is 11.1 Å². The lowest BCUT2D eigenvalue weighted by atomic mass is 9.79. The Morgan fingerprint density at radius 2 is 2.03 bits per heavy atom. The largest absolute Gasteiger partial charge is 0.324 e. The van der Waals surface area contributed by atoms with E-state index < -0.39 is 5.54 Å². The van der Waals surface area contributed by atoms with Crippen molar-refractivity contribution in [3.63, 3.8) is 0 Å². The van der Waals surface area contributed by atoms with E-state index in [9.17, 15) is 4.79 Å². The van der Waals surface area contributed by atoms with Gasteiger partial charge in [-0.25, -0.2) is 25.9 Å². The van der Waals surface area contributed by atoms with Crippen LogP contribution in [-0.4, -0.2) is 30.9 Å². The smallest absolute Gasteiger partial charge is 0.278 e. The summed E-state index contributed by atoms with van der Waals surface area (Å²) < 4.78 is 3.35. The van der Waals surface area contributed by atoms with E-state index in [2.05, 4.69) is 46.4 Å². The van der Waals surface area contributed by atoms with Gasteiger partial charge in [0.05, 0.1) is 0 Å². The first kappa shape index (κ1) is 22.4. The molecule has 0 bridgehead atoms. The van der Waals surface area contributed by atoms with Crippen molar-refractivity contribution in [2.75, 3.05) is 11.9 Å². The minimum atomic E-state index is -0.534. The van der Waals surface area contributed by atoms with E-state index in [4.69, 9.17) is 16.5 Å². The van der Waals surface area contributed by atoms with Crippen molar-refractivity contribution in [3.05, 3.63) is 81.2 Å². The minimum Gasteiger partial charge on any atom is -0.324 e. The lowest BCUT2D eigenvalue weighted by Crippen LogP contribution is -2.38. The molecule has 9 nitrogen and oxygen atoms in total. The molecule has 9 heteroatoms. The predicted octanol–water partition coefficient (Wildman–Crippen LogP) is 4.03. The normalized spacial score (nSPS) is 17.4. The molecule has 1 saturated carbocycles. The quantitative estimate of drug-likeness (QED) is 0.419. The molecule has 0 spiro atoms. The van der Waals surface area contributed by atoms with Crippen LogP contribution < -0.4 is 16.2 Å². The van der Waals surface area contributed by atoms with Crippen LogP contribution in [0.3, 0.4) is 0 Å². The second kappa shape index (κ2) is 8.00. The van der Waals surface area contributed by atoms with Crippen molar-refractivity contribution in [3.8, 4) is 5.82 Å². The lowest BCUT2D eigenvalue weighted by molar-refractivity contribution is 0.435. The summed E-state index contributed by atoms with van der Waals surface area (Å²) in [6.45, 7) is 16.2. The summed E-state index contributed by atoms with van der Waals surface area (Å²) in [6, 6.07) is 12.0. The van der Waals surface area contributed by atoms with Crippen LogP contribution in [0.15, 0.2) is 47.4 Å². The highest BCUT2D eigenvalue weighted by Gasteiger charge is 2.54. The highest BCUT2D eigenvalue weighted by molar-refractivity contribution is 5.77. The average Bonchev–Trinajstić information content (AvgIpc) is 3.63. The minimum absolute atomic E-state index is 0.0779. The molecule has 0 saturated heterocycles. The topological polar surface area (TPSA) is 94.0 Å². The molecular formula is C27H28N8O. The van der Waals surface area contributed by atoms with Gasteiger partial charge >= 0.3 is 0 Å². The third kappa shape index (κ3) is 3.48. The zero-order valence-corrected chi connectivity index (χ0v) is 20.7. The van der Waals surface area contributed by atoms with Crippen molar-refractivity contribution in [2.45, 2.75) is 57.7 Å². The van der Waals surface area contributed by atoms with Crippen LogP contribution in [0.1, 0.15) is 50.4 Å². The maximum Gasteiger partial charge on any atom is 0.278 e. The van der Waals surface area contributed by atoms with Crippen molar-refractivity contribution >= 4 is 22.7 Å². The molecule has 0 atom stereocenters. The van der Waals surface area contributed by atoms with Gasteiger partial charge in [0.25, 0.3) is 11.1 Å². The zero-order chi connectivity index (χ0) is 25.1. The molecule has 0 radical (unpaired) electrons. The number of benzene rings is 1. The molecule has 2 aliphatic rings. The number of hydrogen-bond donors (Lipinski definition) is 2. The molecule has 36 heavy (non-hydrogen) atoms. The summed E-state index contributed by atoms with van der Waals surface area (Å²) in [5.74, 6) is 0.978. The first-order valence-electron chi connectivity index (χ1n) is 12.3. The van der Waals surface area contributed by atoms with Gasteiger partial charge < -0.3 is 15.5 Å². The lowest BCUT2D eigenvalue weighted by Gasteiger charge is -2.33. The molecular weight excluding hydrogens is 452 g/mol. The number of rotatable bonds is 5. The van der Waals surface area contributed by atoms with Crippen LogP contribution in [0.2, 0.25) is 0 Å². The molecule has 3 aromatic heterocycles. The fourth-order valence-electron chi connectivity index (χ4n) is 5.16. The van der Waals surface area contributed by atoms with E-state index in [1.54, 1.807) is 15.6 Å². The summed E-state index contributed by atoms with van der Waals surface area (Å²) >= 11 is 0. The molecule has 0 amide bonds. The van der Waals surface area contributed by atoms with E-state index in [1.807, 2.05) is 31.2 Å². The van der Waals surface area contributed by atoms with Crippen LogP contribution in [0.5, 0.6) is 0 Å². The molecule has 2 N–H and O–H groups in total. The van der Waals surface area contributed by atoms with Gasteiger partial charge in [-0.05, 0) is 42.3 Å². The molecule has 182 valence electrons. The Kier molecular flexibility index (Phi) is 4.99. The summed E-state index contributed by atoms with van der Waals surface area (Å²) in [5, 5.41) is 7.23. The van der Waals surface area contributed by atoms with Gasteiger partial charge in [0.1, 0.15) is 11.1 Å². The van der Waals surface area contributed by atoms with Gasteiger partial charge in [-0.15, -0.1) is 0 Å². The second-order valence-electron chi connectivity index (χ2n) is 10.3. The summed E-state index contributed by atoms with van der Waals surface area (Å²) in [4.78, 5) is 31.0. The Balaban J connectivity index is 1.42. The van der Waals surface area contributed by atoms with Crippen molar-refractivity contribution in [2.24, 2.45) is 0 Å². The van der Waals surface area contributed by atoms with E-state index in [0.717, 1.165) is 37.3 Å². The third-order valence-electron chi connectivity index (χ3n) is 7.31. The fourth-order valence-corrected chi connectivity index (χ4v) is 5.16. The van der Waals surface area contributed by atoms with Gasteiger partial charge in [0.15, 0.2) is 11.5 Å². The summed E-state index contributed by atoms with van der Waals surface area (Å²) in [7, 11) is 0. The molecule has 1 aromatic carbocycles. The Morgan fingerprint density at radius 3 is 2.78 bits per heavy atom. The molecule has 4 aromatic rings. The Hall–Kier alpha value is -4.03. The Labute approximate surface area is 209 Å². The van der Waals surface area contributed by atoms with Gasteiger partial charge in [-0.3, -0.25) is 4.79 Å². The zero-order valence-electron chi connectivity index (χ0n) is 20.7. The monoisotopic (exact) mass is 480 g/mol. The number of nitrogens with zero attached hydrogens (tertiary/aromatic N) is 6. The molecule has 6 rings (SSSR count). The second-order valence-corrected chi connectivity index (χ2v) is 10.3. The predicted molar refractivity (Wildman–Crippen MR) is 139 cm³/mol. The summed E-state index contributed by atoms with van der Waals surface area (Å²) in [6.07, 6.45) is 3.19. The van der Waals surface area contributed by atoms with E-state index >= 15 is 0 Å². The van der Waals surface area contributed by atoms with E-state index in [-0.39, 0.29) is 11.0 Å². The molecule has 4 heterocycles. The van der Waals surface area contributed by atoms with Gasteiger partial charge in [0, 0.05) is 49.8 Å². The number of aromatic nitrogens is 5. The van der Waals surface area contributed by atoms with Gasteiger partial charge in [0.2, 0.25) is 5.95 Å². The molecule has 1 fully saturated rings. The van der Waals surface area contributed by atoms with Crippen LogP contribution in [-0.2, 0) is 24.0 Å². The van der Waals surface area contributed by atoms with Crippen molar-refractivity contribution in [1.29, 1.82) is 0 Å². The maximum absolute atomic E-state index is 13.2. The number of nitrogens with one attached hydrogen (secondary N) is 2. The standard InChI is InChI=1S/C27H28N8O/c1-5-34-24(36)19-15-30-25(31-18-9-10-20-17(13-18)14-29-16-26(20,2)3)33-23(19)35(34)22-8-6-7-21(32-22)27(28-4)11-12-27/h6-10,13,15,29H,5,11-12,14,16H2,1-3H3,(H,30,31,33). The highest BCUT2D eigenvalue weighted by Crippen LogP contribution is 2.48. The van der Waals surface area contributed by atoms with Crippen molar-refractivity contribution < 1.29 is 0 Å². The number of anilines is 2. The van der Waals surface area contributed by atoms with Crippen LogP contribution >= 0.6 is 0 Å². The summed E-state index contributed by atoms with van der Waals surface area (Å²) in [5.41, 5.74) is 4.09. The number of pyridine rings is 1.